The maximum atomic E-state index is 5.80. The van der Waals surface area contributed by atoms with Crippen molar-refractivity contribution in [1.29, 1.82) is 0 Å². The maximum absolute atomic E-state index is 5.80. The molecule has 150 valence electrons. The highest BCUT2D eigenvalue weighted by atomic mass is 16.5. The molecule has 0 radical (unpaired) electrons. The number of aliphatic imine (C=N–C) groups is 1. The van der Waals surface area contributed by atoms with Crippen LogP contribution < -0.4 is 20.1 Å². The lowest BCUT2D eigenvalue weighted by atomic mass is 10.0. The van der Waals surface area contributed by atoms with Gasteiger partial charge in [0.1, 0.15) is 11.5 Å². The van der Waals surface area contributed by atoms with E-state index >= 15 is 0 Å². The third-order valence-electron chi connectivity index (χ3n) is 4.69. The fraction of sp³-hybridized carbons (Fsp3) is 0.429. The van der Waals surface area contributed by atoms with Crippen molar-refractivity contribution in [2.24, 2.45) is 4.99 Å². The van der Waals surface area contributed by atoms with Gasteiger partial charge in [-0.05, 0) is 49.6 Å². The van der Waals surface area contributed by atoms with Crippen molar-refractivity contribution in [2.75, 3.05) is 27.3 Å². The van der Waals surface area contributed by atoms with E-state index in [0.717, 1.165) is 43.3 Å². The lowest BCUT2D eigenvalue weighted by molar-refractivity contribution is 0.0243. The van der Waals surface area contributed by atoms with Crippen LogP contribution in [0, 0.1) is 0 Å². The van der Waals surface area contributed by atoms with E-state index in [4.69, 9.17) is 14.2 Å². The molecule has 0 saturated carbocycles. The number of nitrogens with zero attached hydrogens (tertiary/aromatic N) is 2. The monoisotopic (exact) mass is 384 g/mol. The van der Waals surface area contributed by atoms with Gasteiger partial charge in [-0.3, -0.25) is 4.99 Å². The van der Waals surface area contributed by atoms with Crippen molar-refractivity contribution in [1.82, 2.24) is 15.6 Å². The van der Waals surface area contributed by atoms with Crippen molar-refractivity contribution in [3.05, 3.63) is 48.2 Å². The van der Waals surface area contributed by atoms with Gasteiger partial charge >= 0.3 is 0 Å². The number of aromatic nitrogens is 1. The summed E-state index contributed by atoms with van der Waals surface area (Å²) in [6, 6.07) is 11.2. The van der Waals surface area contributed by atoms with E-state index in [9.17, 15) is 0 Å². The molecule has 0 bridgehead atoms. The van der Waals surface area contributed by atoms with Gasteiger partial charge in [-0.1, -0.05) is 6.07 Å². The van der Waals surface area contributed by atoms with Crippen LogP contribution >= 0.6 is 0 Å². The number of guanidine groups is 1. The summed E-state index contributed by atoms with van der Waals surface area (Å²) in [5, 5.41) is 6.63. The van der Waals surface area contributed by atoms with Gasteiger partial charge in [0, 0.05) is 39.0 Å². The number of ether oxygens (including phenoxy) is 3. The molecule has 2 heterocycles. The van der Waals surface area contributed by atoms with E-state index in [1.54, 1.807) is 20.4 Å². The second-order valence-corrected chi connectivity index (χ2v) is 6.96. The predicted octanol–water partition coefficient (Wildman–Crippen LogP) is 3.12. The van der Waals surface area contributed by atoms with E-state index in [1.807, 2.05) is 36.4 Å². The van der Waals surface area contributed by atoms with Crippen molar-refractivity contribution >= 4 is 5.96 Å². The SMILES string of the molecule is CN=C(NCc1ccc(Oc2ccc(OC)cc2)nc1)NCC1(C)CCCO1. The largest absolute Gasteiger partial charge is 0.497 e. The standard InChI is InChI=1S/C21H28N4O3/c1-21(11-4-12-27-21)15-25-20(22-2)24-14-16-5-10-19(23-13-16)28-18-8-6-17(26-3)7-9-18/h5-10,13H,4,11-12,14-15H2,1-3H3,(H2,22,24,25). The molecule has 2 aromatic rings. The third-order valence-corrected chi connectivity index (χ3v) is 4.69. The summed E-state index contributed by atoms with van der Waals surface area (Å²) in [7, 11) is 3.40. The first kappa shape index (κ1) is 19.9. The van der Waals surface area contributed by atoms with Crippen molar-refractivity contribution < 1.29 is 14.2 Å². The highest BCUT2D eigenvalue weighted by Gasteiger charge is 2.29. The minimum atomic E-state index is -0.111. The molecule has 1 fully saturated rings. The number of hydrogen-bond donors (Lipinski definition) is 2. The Morgan fingerprint density at radius 3 is 2.57 bits per heavy atom. The predicted molar refractivity (Wildman–Crippen MR) is 109 cm³/mol. The highest BCUT2D eigenvalue weighted by molar-refractivity contribution is 5.79. The van der Waals surface area contributed by atoms with Crippen LogP contribution in [0.25, 0.3) is 0 Å². The van der Waals surface area contributed by atoms with Crippen molar-refractivity contribution in [3.63, 3.8) is 0 Å². The summed E-state index contributed by atoms with van der Waals surface area (Å²) in [6.07, 6.45) is 3.97. The number of hydrogen-bond acceptors (Lipinski definition) is 5. The summed E-state index contributed by atoms with van der Waals surface area (Å²) in [5.74, 6) is 2.79. The Balaban J connectivity index is 1.47. The van der Waals surface area contributed by atoms with Crippen LogP contribution in [-0.2, 0) is 11.3 Å². The molecule has 28 heavy (non-hydrogen) atoms. The average molecular weight is 384 g/mol. The Kier molecular flexibility index (Phi) is 6.71. The Morgan fingerprint density at radius 2 is 1.96 bits per heavy atom. The molecule has 1 unspecified atom stereocenters. The first-order valence-corrected chi connectivity index (χ1v) is 9.45. The van der Waals surface area contributed by atoms with Crippen LogP contribution in [0.1, 0.15) is 25.3 Å². The van der Waals surface area contributed by atoms with Crippen LogP contribution in [-0.4, -0.2) is 43.9 Å². The smallest absolute Gasteiger partial charge is 0.219 e. The molecule has 1 aliphatic heterocycles. The zero-order chi connectivity index (χ0) is 19.8. The van der Waals surface area contributed by atoms with Gasteiger partial charge in [0.25, 0.3) is 0 Å². The molecule has 0 aliphatic carbocycles. The minimum Gasteiger partial charge on any atom is -0.497 e. The Bertz CT molecular complexity index is 769. The molecular weight excluding hydrogens is 356 g/mol. The lowest BCUT2D eigenvalue weighted by Crippen LogP contribution is -2.45. The average Bonchev–Trinajstić information content (AvgIpc) is 3.16. The summed E-state index contributed by atoms with van der Waals surface area (Å²) in [6.45, 7) is 4.32. The molecule has 1 saturated heterocycles. The summed E-state index contributed by atoms with van der Waals surface area (Å²) in [5.41, 5.74) is 0.924. The van der Waals surface area contributed by atoms with Gasteiger partial charge in [0.05, 0.1) is 12.7 Å². The molecule has 1 atom stereocenters. The number of nitrogens with one attached hydrogen (secondary N) is 2. The van der Waals surface area contributed by atoms with E-state index in [0.29, 0.717) is 18.2 Å². The molecule has 1 aliphatic rings. The number of benzene rings is 1. The normalized spacial score (nSPS) is 19.3. The van der Waals surface area contributed by atoms with E-state index in [-0.39, 0.29) is 5.60 Å². The second kappa shape index (κ2) is 9.41. The molecule has 2 N–H and O–H groups in total. The Labute approximate surface area is 166 Å². The molecule has 7 heteroatoms. The van der Waals surface area contributed by atoms with E-state index < -0.39 is 0 Å². The molecule has 3 rings (SSSR count). The van der Waals surface area contributed by atoms with Gasteiger partial charge in [-0.25, -0.2) is 4.98 Å². The zero-order valence-electron chi connectivity index (χ0n) is 16.7. The summed E-state index contributed by atoms with van der Waals surface area (Å²) in [4.78, 5) is 8.63. The fourth-order valence-corrected chi connectivity index (χ4v) is 2.99. The zero-order valence-corrected chi connectivity index (χ0v) is 16.7. The van der Waals surface area contributed by atoms with Crippen LogP contribution in [0.4, 0.5) is 0 Å². The van der Waals surface area contributed by atoms with Crippen molar-refractivity contribution in [3.8, 4) is 17.4 Å². The molecule has 7 nitrogen and oxygen atoms in total. The van der Waals surface area contributed by atoms with Crippen molar-refractivity contribution in [2.45, 2.75) is 31.9 Å². The van der Waals surface area contributed by atoms with Gasteiger partial charge in [-0.2, -0.15) is 0 Å². The molecule has 1 aromatic heterocycles. The van der Waals surface area contributed by atoms with Crippen LogP contribution in [0.15, 0.2) is 47.6 Å². The first-order chi connectivity index (χ1) is 13.6. The fourth-order valence-electron chi connectivity index (χ4n) is 2.99. The molecule has 0 amide bonds. The first-order valence-electron chi connectivity index (χ1n) is 9.45. The number of pyridine rings is 1. The number of rotatable bonds is 7. The Morgan fingerprint density at radius 1 is 1.18 bits per heavy atom. The van der Waals surface area contributed by atoms with E-state index in [2.05, 4.69) is 27.5 Å². The summed E-state index contributed by atoms with van der Waals surface area (Å²) < 4.78 is 16.7. The van der Waals surface area contributed by atoms with Gasteiger partial charge < -0.3 is 24.8 Å². The molecule has 0 spiro atoms. The molecule has 1 aromatic carbocycles. The topological polar surface area (TPSA) is 77.0 Å². The minimum absolute atomic E-state index is 0.111. The lowest BCUT2D eigenvalue weighted by Gasteiger charge is -2.24. The summed E-state index contributed by atoms with van der Waals surface area (Å²) >= 11 is 0. The Hall–Kier alpha value is -2.80. The quantitative estimate of drug-likeness (QED) is 0.564. The third kappa shape index (κ3) is 5.60. The van der Waals surface area contributed by atoms with Crippen LogP contribution in [0.5, 0.6) is 17.4 Å². The van der Waals surface area contributed by atoms with Gasteiger partial charge in [-0.15, -0.1) is 0 Å². The van der Waals surface area contributed by atoms with Gasteiger partial charge in [0.15, 0.2) is 5.96 Å². The second-order valence-electron chi connectivity index (χ2n) is 6.96. The van der Waals surface area contributed by atoms with Crippen LogP contribution in [0.3, 0.4) is 0 Å². The maximum Gasteiger partial charge on any atom is 0.219 e. The van der Waals surface area contributed by atoms with Gasteiger partial charge in [0.2, 0.25) is 5.88 Å². The number of methoxy groups -OCH3 is 1. The van der Waals surface area contributed by atoms with Crippen LogP contribution in [0.2, 0.25) is 0 Å². The molecular formula is C21H28N4O3. The van der Waals surface area contributed by atoms with E-state index in [1.165, 1.54) is 0 Å². The highest BCUT2D eigenvalue weighted by Crippen LogP contribution is 2.24.